The molecule has 0 saturated carbocycles. The molecule has 0 aliphatic carbocycles. The van der Waals surface area contributed by atoms with Crippen molar-refractivity contribution in [3.8, 4) is 11.8 Å². The van der Waals surface area contributed by atoms with Crippen molar-refractivity contribution in [2.24, 2.45) is 0 Å². The highest BCUT2D eigenvalue weighted by molar-refractivity contribution is 5.78. The van der Waals surface area contributed by atoms with Gasteiger partial charge in [0, 0.05) is 18.7 Å². The highest BCUT2D eigenvalue weighted by Gasteiger charge is 2.25. The third-order valence-electron chi connectivity index (χ3n) is 3.65. The highest BCUT2D eigenvalue weighted by atomic mass is 16.2. The number of aromatic amines is 1. The van der Waals surface area contributed by atoms with Crippen LogP contribution in [0.4, 0.5) is 0 Å². The lowest BCUT2D eigenvalue weighted by molar-refractivity contribution is -0.131. The summed E-state index contributed by atoms with van der Waals surface area (Å²) in [7, 11) is 0. The van der Waals surface area contributed by atoms with Crippen LogP contribution in [-0.4, -0.2) is 27.1 Å². The Labute approximate surface area is 121 Å². The number of para-hydroxylation sites is 1. The molecule has 2 heterocycles. The first-order valence-electron chi connectivity index (χ1n) is 6.73. The van der Waals surface area contributed by atoms with E-state index in [0.29, 0.717) is 18.5 Å². The maximum Gasteiger partial charge on any atom is 0.276 e. The number of H-pyrrole nitrogens is 1. The van der Waals surface area contributed by atoms with Crippen LogP contribution in [0.25, 0.3) is 5.69 Å². The Morgan fingerprint density at radius 3 is 2.81 bits per heavy atom. The fourth-order valence-corrected chi connectivity index (χ4v) is 2.55. The minimum absolute atomic E-state index is 0.134. The molecule has 1 aromatic carbocycles. The summed E-state index contributed by atoms with van der Waals surface area (Å²) in [5.74, 6) is -0.227. The summed E-state index contributed by atoms with van der Waals surface area (Å²) < 4.78 is 1.50. The number of nitriles is 1. The Hall–Kier alpha value is -2.81. The first-order chi connectivity index (χ1) is 10.2. The molecule has 106 valence electrons. The number of fused-ring (bicyclic) bond motifs is 1. The number of hydrogen-bond acceptors (Lipinski definition) is 3. The van der Waals surface area contributed by atoms with Crippen LogP contribution < -0.4 is 5.56 Å². The molecular weight excluding hydrogens is 268 g/mol. The van der Waals surface area contributed by atoms with E-state index in [2.05, 4.69) is 5.10 Å². The molecule has 1 aromatic heterocycles. The van der Waals surface area contributed by atoms with Crippen LogP contribution in [0.3, 0.4) is 0 Å². The Morgan fingerprint density at radius 1 is 1.33 bits per heavy atom. The van der Waals surface area contributed by atoms with Crippen molar-refractivity contribution in [2.45, 2.75) is 19.4 Å². The van der Waals surface area contributed by atoms with Gasteiger partial charge in [-0.1, -0.05) is 18.2 Å². The number of nitrogens with zero attached hydrogens (tertiary/aromatic N) is 3. The van der Waals surface area contributed by atoms with E-state index in [1.165, 1.54) is 4.68 Å². The Balaban J connectivity index is 1.94. The largest absolute Gasteiger partial charge is 0.337 e. The average Bonchev–Trinajstić information content (AvgIpc) is 2.85. The SMILES string of the molecule is N#CCC(=O)N1CCc2[nH]n(-c3ccccc3)c(=O)c2C1. The number of hydrogen-bond donors (Lipinski definition) is 1. The number of carbonyl (C=O) groups excluding carboxylic acids is 1. The minimum atomic E-state index is -0.227. The second-order valence-corrected chi connectivity index (χ2v) is 4.95. The van der Waals surface area contributed by atoms with Gasteiger partial charge in [0.2, 0.25) is 5.91 Å². The van der Waals surface area contributed by atoms with Gasteiger partial charge in [0.05, 0.1) is 23.9 Å². The molecule has 0 unspecified atom stereocenters. The summed E-state index contributed by atoms with van der Waals surface area (Å²) in [5, 5.41) is 11.7. The van der Waals surface area contributed by atoms with E-state index >= 15 is 0 Å². The fourth-order valence-electron chi connectivity index (χ4n) is 2.55. The molecule has 6 heteroatoms. The molecular formula is C15H14N4O2. The summed E-state index contributed by atoms with van der Waals surface area (Å²) in [6, 6.07) is 11.2. The van der Waals surface area contributed by atoms with E-state index in [1.54, 1.807) is 4.90 Å². The predicted octanol–water partition coefficient (Wildman–Crippen LogP) is 0.964. The van der Waals surface area contributed by atoms with Crippen LogP contribution in [0.5, 0.6) is 0 Å². The number of benzene rings is 1. The van der Waals surface area contributed by atoms with Crippen molar-refractivity contribution in [1.82, 2.24) is 14.7 Å². The van der Waals surface area contributed by atoms with Crippen LogP contribution in [-0.2, 0) is 17.8 Å². The summed E-state index contributed by atoms with van der Waals surface area (Å²) in [6.07, 6.45) is 0.453. The van der Waals surface area contributed by atoms with Gasteiger partial charge >= 0.3 is 0 Å². The Morgan fingerprint density at radius 2 is 2.10 bits per heavy atom. The molecule has 1 amide bonds. The second kappa shape index (κ2) is 5.29. The first kappa shape index (κ1) is 13.2. The zero-order valence-corrected chi connectivity index (χ0v) is 11.4. The van der Waals surface area contributed by atoms with E-state index in [4.69, 9.17) is 5.26 Å². The van der Waals surface area contributed by atoms with Crippen molar-refractivity contribution in [3.05, 3.63) is 51.9 Å². The molecule has 0 atom stereocenters. The van der Waals surface area contributed by atoms with Crippen molar-refractivity contribution >= 4 is 5.91 Å². The van der Waals surface area contributed by atoms with E-state index in [1.807, 2.05) is 36.4 Å². The monoisotopic (exact) mass is 282 g/mol. The van der Waals surface area contributed by atoms with Gasteiger partial charge in [-0.2, -0.15) is 5.26 Å². The third-order valence-corrected chi connectivity index (χ3v) is 3.65. The lowest BCUT2D eigenvalue weighted by Crippen LogP contribution is -2.37. The van der Waals surface area contributed by atoms with Crippen LogP contribution >= 0.6 is 0 Å². The predicted molar refractivity (Wildman–Crippen MR) is 75.7 cm³/mol. The number of aromatic nitrogens is 2. The standard InChI is InChI=1S/C15H14N4O2/c16-8-6-14(20)18-9-7-13-12(10-18)15(21)19(17-13)11-4-2-1-3-5-11/h1-5,17H,6-7,9-10H2. The van der Waals surface area contributed by atoms with Crippen molar-refractivity contribution < 1.29 is 4.79 Å². The zero-order chi connectivity index (χ0) is 14.8. The third kappa shape index (κ3) is 2.34. The normalized spacial score (nSPS) is 13.6. The molecule has 0 fully saturated rings. The van der Waals surface area contributed by atoms with Gasteiger partial charge in [0.1, 0.15) is 6.42 Å². The van der Waals surface area contributed by atoms with E-state index < -0.39 is 0 Å². The summed E-state index contributed by atoms with van der Waals surface area (Å²) in [4.78, 5) is 25.8. The Kier molecular flexibility index (Phi) is 3.32. The lowest BCUT2D eigenvalue weighted by atomic mass is 10.1. The molecule has 0 radical (unpaired) electrons. The van der Waals surface area contributed by atoms with E-state index in [0.717, 1.165) is 11.4 Å². The zero-order valence-electron chi connectivity index (χ0n) is 11.4. The minimum Gasteiger partial charge on any atom is -0.337 e. The van der Waals surface area contributed by atoms with E-state index in [-0.39, 0.29) is 24.4 Å². The van der Waals surface area contributed by atoms with Gasteiger partial charge in [0.25, 0.3) is 5.56 Å². The first-order valence-corrected chi connectivity index (χ1v) is 6.73. The molecule has 6 nitrogen and oxygen atoms in total. The van der Waals surface area contributed by atoms with Gasteiger partial charge in [-0.15, -0.1) is 0 Å². The van der Waals surface area contributed by atoms with Crippen LogP contribution in [0.2, 0.25) is 0 Å². The highest BCUT2D eigenvalue weighted by Crippen LogP contribution is 2.16. The number of nitrogens with one attached hydrogen (secondary N) is 1. The number of amides is 1. The molecule has 1 aliphatic heterocycles. The molecule has 0 saturated heterocycles. The van der Waals surface area contributed by atoms with Crippen molar-refractivity contribution in [1.29, 1.82) is 5.26 Å². The summed E-state index contributed by atoms with van der Waals surface area (Å²) in [5.41, 5.74) is 2.11. The van der Waals surface area contributed by atoms with Crippen LogP contribution in [0.15, 0.2) is 35.1 Å². The Bertz CT molecular complexity index is 767. The second-order valence-electron chi connectivity index (χ2n) is 4.95. The maximum absolute atomic E-state index is 12.5. The molecule has 0 spiro atoms. The number of rotatable bonds is 2. The van der Waals surface area contributed by atoms with Crippen LogP contribution in [0.1, 0.15) is 17.7 Å². The smallest absolute Gasteiger partial charge is 0.276 e. The molecule has 21 heavy (non-hydrogen) atoms. The van der Waals surface area contributed by atoms with Gasteiger partial charge in [0.15, 0.2) is 0 Å². The topological polar surface area (TPSA) is 81.9 Å². The van der Waals surface area contributed by atoms with E-state index in [9.17, 15) is 9.59 Å². The van der Waals surface area contributed by atoms with Gasteiger partial charge in [-0.05, 0) is 12.1 Å². The maximum atomic E-state index is 12.5. The number of carbonyl (C=O) groups is 1. The summed E-state index contributed by atoms with van der Waals surface area (Å²) >= 11 is 0. The quantitative estimate of drug-likeness (QED) is 0.890. The van der Waals surface area contributed by atoms with Crippen LogP contribution in [0, 0.1) is 11.3 Å². The lowest BCUT2D eigenvalue weighted by Gasteiger charge is -2.25. The van der Waals surface area contributed by atoms with Crippen molar-refractivity contribution in [2.75, 3.05) is 6.54 Å². The van der Waals surface area contributed by atoms with Gasteiger partial charge in [-0.25, -0.2) is 4.68 Å². The fraction of sp³-hybridized carbons (Fsp3) is 0.267. The van der Waals surface area contributed by atoms with Crippen molar-refractivity contribution in [3.63, 3.8) is 0 Å². The average molecular weight is 282 g/mol. The molecule has 1 N–H and O–H groups in total. The molecule has 2 aromatic rings. The molecule has 1 aliphatic rings. The summed E-state index contributed by atoms with van der Waals surface area (Å²) in [6.45, 7) is 0.799. The van der Waals surface area contributed by atoms with Gasteiger partial charge in [-0.3, -0.25) is 14.7 Å². The van der Waals surface area contributed by atoms with Gasteiger partial charge < -0.3 is 4.90 Å². The molecule has 3 rings (SSSR count). The molecule has 0 bridgehead atoms.